The first kappa shape index (κ1) is 16.0. The number of nitrogens with zero attached hydrogens (tertiary/aromatic N) is 3. The largest absolute Gasteiger partial charge is 0.478 e. The fourth-order valence-corrected chi connectivity index (χ4v) is 2.82. The van der Waals surface area contributed by atoms with Crippen LogP contribution in [-0.2, 0) is 0 Å². The van der Waals surface area contributed by atoms with Gasteiger partial charge in [-0.25, -0.2) is 9.78 Å². The third-order valence-corrected chi connectivity index (χ3v) is 4.15. The standard InChI is InChI=1S/C18H19N3O3/c1-13-3-2-4-14(11-13)17(22)21-9-7-20(8-10-21)16-12-15(18(23)24)5-6-19-16/h2-6,11-12H,7-10H2,1H3,(H,23,24). The number of pyridine rings is 1. The van der Waals surface area contributed by atoms with Crippen LogP contribution in [0.1, 0.15) is 26.3 Å². The molecule has 1 fully saturated rings. The average Bonchev–Trinajstić information content (AvgIpc) is 2.61. The Labute approximate surface area is 140 Å². The number of carboxylic acid groups (broad SMARTS) is 1. The van der Waals surface area contributed by atoms with Gasteiger partial charge in [0.1, 0.15) is 5.82 Å². The van der Waals surface area contributed by atoms with E-state index in [2.05, 4.69) is 4.98 Å². The predicted molar refractivity (Wildman–Crippen MR) is 90.5 cm³/mol. The van der Waals surface area contributed by atoms with Gasteiger partial charge < -0.3 is 14.9 Å². The third kappa shape index (κ3) is 3.37. The summed E-state index contributed by atoms with van der Waals surface area (Å²) in [4.78, 5) is 31.7. The Balaban J connectivity index is 1.66. The van der Waals surface area contributed by atoms with Gasteiger partial charge in [-0.2, -0.15) is 0 Å². The highest BCUT2D eigenvalue weighted by atomic mass is 16.4. The minimum Gasteiger partial charge on any atom is -0.478 e. The van der Waals surface area contributed by atoms with Crippen LogP contribution in [0.3, 0.4) is 0 Å². The van der Waals surface area contributed by atoms with Gasteiger partial charge in [0.15, 0.2) is 0 Å². The number of carbonyl (C=O) groups is 2. The summed E-state index contributed by atoms with van der Waals surface area (Å²) in [6.07, 6.45) is 1.50. The summed E-state index contributed by atoms with van der Waals surface area (Å²) in [5.41, 5.74) is 1.99. The van der Waals surface area contributed by atoms with E-state index in [4.69, 9.17) is 5.11 Å². The highest BCUT2D eigenvalue weighted by Crippen LogP contribution is 2.17. The van der Waals surface area contributed by atoms with Crippen molar-refractivity contribution in [3.63, 3.8) is 0 Å². The summed E-state index contributed by atoms with van der Waals surface area (Å²) >= 11 is 0. The first-order valence-corrected chi connectivity index (χ1v) is 7.85. The van der Waals surface area contributed by atoms with E-state index in [0.29, 0.717) is 37.6 Å². The van der Waals surface area contributed by atoms with E-state index in [-0.39, 0.29) is 11.5 Å². The maximum absolute atomic E-state index is 12.6. The summed E-state index contributed by atoms with van der Waals surface area (Å²) in [5, 5.41) is 9.07. The van der Waals surface area contributed by atoms with Crippen LogP contribution in [0.5, 0.6) is 0 Å². The molecule has 24 heavy (non-hydrogen) atoms. The van der Waals surface area contributed by atoms with Crippen molar-refractivity contribution in [1.29, 1.82) is 0 Å². The second-order valence-corrected chi connectivity index (χ2v) is 5.86. The molecule has 0 spiro atoms. The number of carbonyl (C=O) groups excluding carboxylic acids is 1. The number of amides is 1. The number of benzene rings is 1. The molecular weight excluding hydrogens is 306 g/mol. The van der Waals surface area contributed by atoms with Crippen molar-refractivity contribution in [1.82, 2.24) is 9.88 Å². The van der Waals surface area contributed by atoms with Crippen molar-refractivity contribution in [2.75, 3.05) is 31.1 Å². The summed E-state index contributed by atoms with van der Waals surface area (Å²) in [5.74, 6) is -0.296. The lowest BCUT2D eigenvalue weighted by atomic mass is 10.1. The number of piperazine rings is 1. The number of aromatic carboxylic acids is 1. The fourth-order valence-electron chi connectivity index (χ4n) is 2.82. The zero-order chi connectivity index (χ0) is 17.1. The monoisotopic (exact) mass is 325 g/mol. The van der Waals surface area contributed by atoms with Crippen molar-refractivity contribution < 1.29 is 14.7 Å². The Morgan fingerprint density at radius 1 is 1.04 bits per heavy atom. The molecule has 0 unspecified atom stereocenters. The molecule has 3 rings (SSSR count). The molecule has 6 heteroatoms. The SMILES string of the molecule is Cc1cccc(C(=O)N2CCN(c3cc(C(=O)O)ccn3)CC2)c1. The van der Waals surface area contributed by atoms with Gasteiger partial charge in [0.25, 0.3) is 5.91 Å². The molecule has 0 saturated carbocycles. The van der Waals surface area contributed by atoms with Crippen molar-refractivity contribution in [3.8, 4) is 0 Å². The van der Waals surface area contributed by atoms with E-state index in [1.54, 1.807) is 6.07 Å². The minimum atomic E-state index is -0.966. The van der Waals surface area contributed by atoms with Crippen LogP contribution in [0.2, 0.25) is 0 Å². The molecule has 124 valence electrons. The lowest BCUT2D eigenvalue weighted by Gasteiger charge is -2.35. The van der Waals surface area contributed by atoms with E-state index in [0.717, 1.165) is 5.56 Å². The average molecular weight is 325 g/mol. The molecule has 2 heterocycles. The molecule has 0 bridgehead atoms. The third-order valence-electron chi connectivity index (χ3n) is 4.15. The molecule has 1 N–H and O–H groups in total. The summed E-state index contributed by atoms with van der Waals surface area (Å²) in [6.45, 7) is 4.41. The predicted octanol–water partition coefficient (Wildman–Crippen LogP) is 2.05. The van der Waals surface area contributed by atoms with Crippen LogP contribution < -0.4 is 4.90 Å². The number of aromatic nitrogens is 1. The van der Waals surface area contributed by atoms with Crippen LogP contribution in [0.25, 0.3) is 0 Å². The van der Waals surface area contributed by atoms with E-state index in [9.17, 15) is 9.59 Å². The summed E-state index contributed by atoms with van der Waals surface area (Å²) in [6, 6.07) is 10.6. The lowest BCUT2D eigenvalue weighted by Crippen LogP contribution is -2.49. The van der Waals surface area contributed by atoms with Gasteiger partial charge in [0, 0.05) is 37.9 Å². The van der Waals surface area contributed by atoms with Gasteiger partial charge in [-0.1, -0.05) is 17.7 Å². The van der Waals surface area contributed by atoms with Gasteiger partial charge in [0.05, 0.1) is 5.56 Å². The molecular formula is C18H19N3O3. The van der Waals surface area contributed by atoms with Crippen molar-refractivity contribution in [3.05, 3.63) is 59.3 Å². The van der Waals surface area contributed by atoms with Crippen LogP contribution in [0.15, 0.2) is 42.6 Å². The number of hydrogen-bond donors (Lipinski definition) is 1. The van der Waals surface area contributed by atoms with Gasteiger partial charge in [-0.05, 0) is 31.2 Å². The summed E-state index contributed by atoms with van der Waals surface area (Å²) < 4.78 is 0. The van der Waals surface area contributed by atoms with E-state index >= 15 is 0 Å². The van der Waals surface area contributed by atoms with Crippen LogP contribution in [0, 0.1) is 6.92 Å². The lowest BCUT2D eigenvalue weighted by molar-refractivity contribution is 0.0696. The van der Waals surface area contributed by atoms with Gasteiger partial charge >= 0.3 is 5.97 Å². The van der Waals surface area contributed by atoms with Gasteiger partial charge in [-0.3, -0.25) is 4.79 Å². The van der Waals surface area contributed by atoms with Crippen LogP contribution >= 0.6 is 0 Å². The molecule has 1 aliphatic rings. The van der Waals surface area contributed by atoms with Gasteiger partial charge in [0.2, 0.25) is 0 Å². The van der Waals surface area contributed by atoms with Crippen LogP contribution in [0.4, 0.5) is 5.82 Å². The highest BCUT2D eigenvalue weighted by Gasteiger charge is 2.23. The van der Waals surface area contributed by atoms with Crippen molar-refractivity contribution >= 4 is 17.7 Å². The quantitative estimate of drug-likeness (QED) is 0.935. The molecule has 0 radical (unpaired) electrons. The molecule has 2 aromatic rings. The fraction of sp³-hybridized carbons (Fsp3) is 0.278. The normalized spacial score (nSPS) is 14.5. The Morgan fingerprint density at radius 3 is 2.46 bits per heavy atom. The molecule has 1 amide bonds. The Bertz CT molecular complexity index is 768. The molecule has 1 aromatic heterocycles. The smallest absolute Gasteiger partial charge is 0.335 e. The van der Waals surface area contributed by atoms with E-state index in [1.165, 1.54) is 12.3 Å². The second-order valence-electron chi connectivity index (χ2n) is 5.86. The second kappa shape index (κ2) is 6.70. The Hall–Kier alpha value is -2.89. The topological polar surface area (TPSA) is 73.7 Å². The number of rotatable bonds is 3. The van der Waals surface area contributed by atoms with Crippen molar-refractivity contribution in [2.24, 2.45) is 0 Å². The summed E-state index contributed by atoms with van der Waals surface area (Å²) in [7, 11) is 0. The molecule has 1 aliphatic heterocycles. The maximum Gasteiger partial charge on any atom is 0.335 e. The van der Waals surface area contributed by atoms with Crippen molar-refractivity contribution in [2.45, 2.75) is 6.92 Å². The molecule has 0 aliphatic carbocycles. The molecule has 1 saturated heterocycles. The molecule has 0 atom stereocenters. The molecule has 6 nitrogen and oxygen atoms in total. The maximum atomic E-state index is 12.6. The highest BCUT2D eigenvalue weighted by molar-refractivity contribution is 5.94. The zero-order valence-corrected chi connectivity index (χ0v) is 13.5. The minimum absolute atomic E-state index is 0.0330. The number of carboxylic acids is 1. The Morgan fingerprint density at radius 2 is 1.79 bits per heavy atom. The Kier molecular flexibility index (Phi) is 4.46. The first-order valence-electron chi connectivity index (χ1n) is 7.85. The number of anilines is 1. The van der Waals surface area contributed by atoms with E-state index < -0.39 is 5.97 Å². The first-order chi connectivity index (χ1) is 11.5. The number of aryl methyl sites for hydroxylation is 1. The van der Waals surface area contributed by atoms with Crippen LogP contribution in [-0.4, -0.2) is 53.0 Å². The zero-order valence-electron chi connectivity index (χ0n) is 13.5. The van der Waals surface area contributed by atoms with E-state index in [1.807, 2.05) is 41.0 Å². The number of hydrogen-bond acceptors (Lipinski definition) is 4. The molecule has 1 aromatic carbocycles. The van der Waals surface area contributed by atoms with Gasteiger partial charge in [-0.15, -0.1) is 0 Å².